The molecule has 2 aromatic rings. The van der Waals surface area contributed by atoms with Gasteiger partial charge in [-0.2, -0.15) is 0 Å². The Hall–Kier alpha value is -0.670. The molecule has 94 valence electrons. The van der Waals surface area contributed by atoms with Crippen LogP contribution in [-0.2, 0) is 0 Å². The largest absolute Gasteiger partial charge is 0.384 e. The van der Waals surface area contributed by atoms with E-state index in [1.807, 2.05) is 30.5 Å². The lowest BCUT2D eigenvalue weighted by Gasteiger charge is -2.13. The molecular formula is C14H12Cl2OS. The van der Waals surface area contributed by atoms with Crippen LogP contribution in [0.4, 0.5) is 0 Å². The Kier molecular flexibility index (Phi) is 4.57. The Balaban J connectivity index is 2.31. The fraction of sp³-hybridized carbons (Fsp3) is 0.143. The van der Waals surface area contributed by atoms with Crippen LogP contribution in [0.2, 0.25) is 10.0 Å². The summed E-state index contributed by atoms with van der Waals surface area (Å²) in [4.78, 5) is 1.16. The molecule has 2 aromatic carbocycles. The average molecular weight is 299 g/mol. The summed E-state index contributed by atoms with van der Waals surface area (Å²) in [5.41, 5.74) is 1.48. The van der Waals surface area contributed by atoms with Crippen molar-refractivity contribution in [1.29, 1.82) is 0 Å². The third-order valence-electron chi connectivity index (χ3n) is 2.69. The Morgan fingerprint density at radius 3 is 2.28 bits per heavy atom. The summed E-state index contributed by atoms with van der Waals surface area (Å²) in [6.45, 7) is 0. The van der Waals surface area contributed by atoms with Crippen LogP contribution >= 0.6 is 35.0 Å². The Morgan fingerprint density at radius 2 is 1.72 bits per heavy atom. The molecule has 0 heterocycles. The fourth-order valence-electron chi connectivity index (χ4n) is 1.69. The molecule has 1 atom stereocenters. The first-order chi connectivity index (χ1) is 8.61. The lowest BCUT2D eigenvalue weighted by Crippen LogP contribution is -2.00. The Labute approximate surface area is 121 Å². The van der Waals surface area contributed by atoms with Crippen LogP contribution in [0.1, 0.15) is 17.2 Å². The zero-order valence-corrected chi connectivity index (χ0v) is 12.1. The maximum Gasteiger partial charge on any atom is 0.105 e. The van der Waals surface area contributed by atoms with Crippen LogP contribution in [-0.4, -0.2) is 11.4 Å². The van der Waals surface area contributed by atoms with Gasteiger partial charge in [0.05, 0.1) is 0 Å². The summed E-state index contributed by atoms with van der Waals surface area (Å²) < 4.78 is 0. The van der Waals surface area contributed by atoms with Gasteiger partial charge >= 0.3 is 0 Å². The van der Waals surface area contributed by atoms with Gasteiger partial charge in [0.15, 0.2) is 0 Å². The lowest BCUT2D eigenvalue weighted by molar-refractivity contribution is 0.220. The second-order valence-corrected chi connectivity index (χ2v) is 5.56. The van der Waals surface area contributed by atoms with Gasteiger partial charge in [-0.15, -0.1) is 11.8 Å². The lowest BCUT2D eigenvalue weighted by atomic mass is 10.0. The molecule has 0 fully saturated rings. The first-order valence-electron chi connectivity index (χ1n) is 5.39. The minimum absolute atomic E-state index is 0.476. The first kappa shape index (κ1) is 13.8. The normalized spacial score (nSPS) is 12.4. The highest BCUT2D eigenvalue weighted by Crippen LogP contribution is 2.31. The third kappa shape index (κ3) is 3.01. The van der Waals surface area contributed by atoms with Crippen molar-refractivity contribution in [2.24, 2.45) is 0 Å². The predicted molar refractivity (Wildman–Crippen MR) is 78.7 cm³/mol. The van der Waals surface area contributed by atoms with Gasteiger partial charge in [-0.1, -0.05) is 41.4 Å². The van der Waals surface area contributed by atoms with Crippen molar-refractivity contribution >= 4 is 35.0 Å². The highest BCUT2D eigenvalue weighted by Gasteiger charge is 2.14. The molecule has 0 saturated carbocycles. The monoisotopic (exact) mass is 298 g/mol. The molecule has 0 spiro atoms. The minimum atomic E-state index is -0.731. The number of hydrogen-bond acceptors (Lipinski definition) is 2. The fourth-order valence-corrected chi connectivity index (χ4v) is 2.61. The molecule has 2 rings (SSSR count). The zero-order valence-electron chi connectivity index (χ0n) is 9.73. The summed E-state index contributed by atoms with van der Waals surface area (Å²) in [7, 11) is 0. The molecule has 1 unspecified atom stereocenters. The van der Waals surface area contributed by atoms with Gasteiger partial charge in [0, 0.05) is 20.5 Å². The van der Waals surface area contributed by atoms with E-state index in [1.54, 1.807) is 30.0 Å². The van der Waals surface area contributed by atoms with E-state index in [4.69, 9.17) is 23.2 Å². The summed E-state index contributed by atoms with van der Waals surface area (Å²) in [6, 6.07) is 12.9. The Bertz CT molecular complexity index is 540. The maximum atomic E-state index is 10.3. The second-order valence-electron chi connectivity index (χ2n) is 3.84. The van der Waals surface area contributed by atoms with Gasteiger partial charge < -0.3 is 5.11 Å². The molecule has 0 aliphatic carbocycles. The molecule has 0 bridgehead atoms. The molecule has 1 N–H and O–H groups in total. The van der Waals surface area contributed by atoms with Crippen LogP contribution in [0.25, 0.3) is 0 Å². The number of aliphatic hydroxyl groups excluding tert-OH is 1. The van der Waals surface area contributed by atoms with Crippen molar-refractivity contribution in [3.63, 3.8) is 0 Å². The van der Waals surface area contributed by atoms with Crippen molar-refractivity contribution in [1.82, 2.24) is 0 Å². The molecule has 0 aliphatic heterocycles. The van der Waals surface area contributed by atoms with Gasteiger partial charge in [-0.3, -0.25) is 0 Å². The molecule has 0 radical (unpaired) electrons. The van der Waals surface area contributed by atoms with E-state index >= 15 is 0 Å². The van der Waals surface area contributed by atoms with E-state index in [2.05, 4.69) is 0 Å². The maximum absolute atomic E-state index is 10.3. The van der Waals surface area contributed by atoms with Crippen molar-refractivity contribution in [2.45, 2.75) is 11.0 Å². The van der Waals surface area contributed by atoms with Crippen molar-refractivity contribution in [3.8, 4) is 0 Å². The molecule has 0 amide bonds. The average Bonchev–Trinajstić information content (AvgIpc) is 2.38. The Morgan fingerprint density at radius 1 is 1.06 bits per heavy atom. The van der Waals surface area contributed by atoms with E-state index in [1.165, 1.54) is 0 Å². The van der Waals surface area contributed by atoms with Crippen molar-refractivity contribution in [3.05, 3.63) is 63.6 Å². The van der Waals surface area contributed by atoms with E-state index < -0.39 is 6.10 Å². The molecule has 0 saturated heterocycles. The molecule has 18 heavy (non-hydrogen) atoms. The van der Waals surface area contributed by atoms with Gasteiger partial charge in [0.25, 0.3) is 0 Å². The molecule has 1 nitrogen and oxygen atoms in total. The van der Waals surface area contributed by atoms with Gasteiger partial charge in [0.2, 0.25) is 0 Å². The second kappa shape index (κ2) is 5.98. The standard InChI is InChI=1S/C14H12Cl2OS/c1-18-11-5-2-9(3-6-11)14(17)12-7-4-10(15)8-13(12)16/h2-8,14,17H,1H3. The molecular weight excluding hydrogens is 287 g/mol. The number of aliphatic hydroxyl groups is 1. The summed E-state index contributed by atoms with van der Waals surface area (Å²) in [6.07, 6.45) is 1.28. The SMILES string of the molecule is CSc1ccc(C(O)c2ccc(Cl)cc2Cl)cc1. The zero-order chi connectivity index (χ0) is 13.1. The van der Waals surface area contributed by atoms with E-state index in [9.17, 15) is 5.11 Å². The molecule has 0 aliphatic rings. The predicted octanol–water partition coefficient (Wildman–Crippen LogP) is 4.80. The number of halogens is 2. The number of rotatable bonds is 3. The quantitative estimate of drug-likeness (QED) is 0.822. The highest BCUT2D eigenvalue weighted by molar-refractivity contribution is 7.98. The summed E-state index contributed by atoms with van der Waals surface area (Å²) >= 11 is 13.6. The van der Waals surface area contributed by atoms with Gasteiger partial charge in [0.1, 0.15) is 6.10 Å². The smallest absolute Gasteiger partial charge is 0.105 e. The highest BCUT2D eigenvalue weighted by atomic mass is 35.5. The van der Waals surface area contributed by atoms with Crippen LogP contribution in [0.15, 0.2) is 47.4 Å². The van der Waals surface area contributed by atoms with Crippen LogP contribution < -0.4 is 0 Å². The number of benzene rings is 2. The van der Waals surface area contributed by atoms with E-state index in [0.717, 1.165) is 10.5 Å². The van der Waals surface area contributed by atoms with Crippen molar-refractivity contribution in [2.75, 3.05) is 6.26 Å². The molecule has 0 aromatic heterocycles. The van der Waals surface area contributed by atoms with Crippen LogP contribution in [0.3, 0.4) is 0 Å². The number of hydrogen-bond donors (Lipinski definition) is 1. The van der Waals surface area contributed by atoms with Gasteiger partial charge in [-0.05, 0) is 36.1 Å². The topological polar surface area (TPSA) is 20.2 Å². The first-order valence-corrected chi connectivity index (χ1v) is 7.37. The van der Waals surface area contributed by atoms with E-state index in [-0.39, 0.29) is 0 Å². The van der Waals surface area contributed by atoms with Crippen LogP contribution in [0, 0.1) is 0 Å². The minimum Gasteiger partial charge on any atom is -0.384 e. The van der Waals surface area contributed by atoms with Gasteiger partial charge in [-0.25, -0.2) is 0 Å². The van der Waals surface area contributed by atoms with Crippen LogP contribution in [0.5, 0.6) is 0 Å². The summed E-state index contributed by atoms with van der Waals surface area (Å²) in [5, 5.41) is 11.3. The van der Waals surface area contributed by atoms with Crippen molar-refractivity contribution < 1.29 is 5.11 Å². The summed E-state index contributed by atoms with van der Waals surface area (Å²) in [5.74, 6) is 0. The number of thioether (sulfide) groups is 1. The molecule has 4 heteroatoms. The third-order valence-corrected chi connectivity index (χ3v) is 3.99. The van der Waals surface area contributed by atoms with E-state index in [0.29, 0.717) is 15.6 Å².